The molecular weight excluding hydrogens is 263 g/mol. The third kappa shape index (κ3) is 2.59. The summed E-state index contributed by atoms with van der Waals surface area (Å²) in [6.45, 7) is 0. The summed E-state index contributed by atoms with van der Waals surface area (Å²) in [7, 11) is 1.05. The lowest BCUT2D eigenvalue weighted by molar-refractivity contribution is -0.157. The Morgan fingerprint density at radius 1 is 1.26 bits per heavy atom. The Hall–Kier alpha value is -2.31. The molecule has 19 heavy (non-hydrogen) atoms. The van der Waals surface area contributed by atoms with Crippen molar-refractivity contribution in [3.8, 4) is 11.3 Å². The Morgan fingerprint density at radius 3 is 2.42 bits per heavy atom. The third-order valence-electron chi connectivity index (χ3n) is 2.29. The molecule has 0 aliphatic heterocycles. The lowest BCUT2D eigenvalue weighted by Gasteiger charge is -1.98. The normalized spacial score (nSPS) is 11.4. The molecule has 0 atom stereocenters. The Morgan fingerprint density at radius 2 is 1.89 bits per heavy atom. The summed E-state index contributed by atoms with van der Waals surface area (Å²) >= 11 is 0. The van der Waals surface area contributed by atoms with Crippen LogP contribution in [0.1, 0.15) is 16.4 Å². The second kappa shape index (κ2) is 4.75. The van der Waals surface area contributed by atoms with E-state index in [0.717, 1.165) is 7.11 Å². The quantitative estimate of drug-likeness (QED) is 0.787. The first kappa shape index (κ1) is 13.1. The van der Waals surface area contributed by atoms with Crippen LogP contribution in [0.15, 0.2) is 34.7 Å². The minimum Gasteiger partial charge on any atom is -0.463 e. The monoisotopic (exact) mass is 271 g/mol. The highest BCUT2D eigenvalue weighted by molar-refractivity contribution is 5.93. The second-order valence-electron chi connectivity index (χ2n) is 3.55. The number of carbonyl (C=O) groups excluding carboxylic acids is 1. The average Bonchev–Trinajstić information content (AvgIpc) is 2.83. The number of aromatic nitrogens is 1. The van der Waals surface area contributed by atoms with Crippen LogP contribution in [0.4, 0.5) is 13.2 Å². The minimum absolute atomic E-state index is 0.195. The van der Waals surface area contributed by atoms with E-state index in [9.17, 15) is 18.0 Å². The molecule has 0 saturated heterocycles. The fourth-order valence-electron chi connectivity index (χ4n) is 1.46. The maximum Gasteiger partial charge on any atom is 0.468 e. The maximum absolute atomic E-state index is 12.6. The van der Waals surface area contributed by atoms with Gasteiger partial charge in [0.25, 0.3) is 0 Å². The first-order chi connectivity index (χ1) is 8.93. The van der Waals surface area contributed by atoms with E-state index in [1.54, 1.807) is 18.2 Å². The number of rotatable bonds is 2. The van der Waals surface area contributed by atoms with Gasteiger partial charge in [-0.15, -0.1) is 0 Å². The summed E-state index contributed by atoms with van der Waals surface area (Å²) in [5.41, 5.74) is 0.141. The fourth-order valence-corrected chi connectivity index (χ4v) is 1.46. The molecule has 0 N–H and O–H groups in total. The SMILES string of the molecule is COC(=O)c1oc(C(F)(F)F)nc1-c1ccccc1. The second-order valence-corrected chi connectivity index (χ2v) is 3.55. The molecule has 0 saturated carbocycles. The van der Waals surface area contributed by atoms with Crippen LogP contribution in [0.5, 0.6) is 0 Å². The van der Waals surface area contributed by atoms with E-state index >= 15 is 0 Å². The Kier molecular flexibility index (Phi) is 3.28. The highest BCUT2D eigenvalue weighted by Gasteiger charge is 2.40. The predicted molar refractivity (Wildman–Crippen MR) is 58.3 cm³/mol. The Bertz CT molecular complexity index is 590. The lowest BCUT2D eigenvalue weighted by Crippen LogP contribution is -2.05. The van der Waals surface area contributed by atoms with E-state index in [2.05, 4.69) is 14.1 Å². The van der Waals surface area contributed by atoms with Crippen LogP contribution in [0.25, 0.3) is 11.3 Å². The summed E-state index contributed by atoms with van der Waals surface area (Å²) in [6.07, 6.45) is -4.77. The van der Waals surface area contributed by atoms with Gasteiger partial charge in [0.2, 0.25) is 5.76 Å². The molecule has 1 heterocycles. The molecule has 0 aliphatic rings. The van der Waals surface area contributed by atoms with Gasteiger partial charge in [0.1, 0.15) is 5.69 Å². The highest BCUT2D eigenvalue weighted by Crippen LogP contribution is 2.33. The van der Waals surface area contributed by atoms with E-state index in [1.165, 1.54) is 12.1 Å². The molecule has 0 amide bonds. The zero-order valence-electron chi connectivity index (χ0n) is 9.69. The summed E-state index contributed by atoms with van der Waals surface area (Å²) in [5, 5.41) is 0. The molecule has 0 radical (unpaired) electrons. The van der Waals surface area contributed by atoms with Gasteiger partial charge in [-0.1, -0.05) is 30.3 Å². The molecule has 2 aromatic rings. The molecule has 1 aromatic carbocycles. The molecular formula is C12H8F3NO3. The highest BCUT2D eigenvalue weighted by atomic mass is 19.4. The van der Waals surface area contributed by atoms with E-state index in [1.807, 2.05) is 0 Å². The van der Waals surface area contributed by atoms with Crippen molar-refractivity contribution in [2.75, 3.05) is 7.11 Å². The van der Waals surface area contributed by atoms with Gasteiger partial charge in [0, 0.05) is 5.56 Å². The first-order valence-electron chi connectivity index (χ1n) is 5.15. The van der Waals surface area contributed by atoms with Crippen LogP contribution >= 0.6 is 0 Å². The summed E-state index contributed by atoms with van der Waals surface area (Å²) in [5.74, 6) is -3.06. The summed E-state index contributed by atoms with van der Waals surface area (Å²) < 4.78 is 46.5. The van der Waals surface area contributed by atoms with Gasteiger partial charge >= 0.3 is 18.0 Å². The van der Waals surface area contributed by atoms with Gasteiger partial charge in [0.05, 0.1) is 7.11 Å². The van der Waals surface area contributed by atoms with E-state index < -0.39 is 23.8 Å². The topological polar surface area (TPSA) is 52.3 Å². The number of esters is 1. The molecule has 2 rings (SSSR count). The number of hydrogen-bond acceptors (Lipinski definition) is 4. The summed E-state index contributed by atoms with van der Waals surface area (Å²) in [4.78, 5) is 14.8. The molecule has 0 bridgehead atoms. The largest absolute Gasteiger partial charge is 0.468 e. The van der Waals surface area contributed by atoms with Crippen LogP contribution in [-0.4, -0.2) is 18.1 Å². The standard InChI is InChI=1S/C12H8F3NO3/c1-18-10(17)9-8(7-5-3-2-4-6-7)16-11(19-9)12(13,14)15/h2-6H,1H3. The number of methoxy groups -OCH3 is 1. The number of carbonyl (C=O) groups is 1. The molecule has 0 fully saturated rings. The number of hydrogen-bond donors (Lipinski definition) is 0. The van der Waals surface area contributed by atoms with Crippen molar-refractivity contribution < 1.29 is 27.1 Å². The van der Waals surface area contributed by atoms with Crippen molar-refractivity contribution in [3.63, 3.8) is 0 Å². The summed E-state index contributed by atoms with van der Waals surface area (Å²) in [6, 6.07) is 7.94. The molecule has 0 aliphatic carbocycles. The molecule has 0 unspecified atom stereocenters. The van der Waals surface area contributed by atoms with Gasteiger partial charge < -0.3 is 9.15 Å². The average molecular weight is 271 g/mol. The Balaban J connectivity index is 2.59. The number of halogens is 3. The lowest BCUT2D eigenvalue weighted by atomic mass is 10.1. The molecule has 100 valence electrons. The van der Waals surface area contributed by atoms with Gasteiger partial charge in [-0.25, -0.2) is 9.78 Å². The fraction of sp³-hybridized carbons (Fsp3) is 0.167. The number of nitrogens with zero attached hydrogens (tertiary/aromatic N) is 1. The van der Waals surface area contributed by atoms with Crippen LogP contribution in [-0.2, 0) is 10.9 Å². The number of alkyl halides is 3. The van der Waals surface area contributed by atoms with Gasteiger partial charge in [-0.3, -0.25) is 0 Å². The van der Waals surface area contributed by atoms with Crippen molar-refractivity contribution in [1.82, 2.24) is 4.98 Å². The zero-order chi connectivity index (χ0) is 14.0. The predicted octanol–water partition coefficient (Wildman–Crippen LogP) is 3.15. The van der Waals surface area contributed by atoms with Crippen molar-refractivity contribution in [1.29, 1.82) is 0 Å². The molecule has 0 spiro atoms. The van der Waals surface area contributed by atoms with Crippen LogP contribution < -0.4 is 0 Å². The van der Waals surface area contributed by atoms with Crippen molar-refractivity contribution in [2.24, 2.45) is 0 Å². The molecule has 7 heteroatoms. The van der Waals surface area contributed by atoms with Gasteiger partial charge in [0.15, 0.2) is 0 Å². The molecule has 1 aromatic heterocycles. The minimum atomic E-state index is -4.77. The van der Waals surface area contributed by atoms with Crippen LogP contribution in [0.3, 0.4) is 0 Å². The van der Waals surface area contributed by atoms with Gasteiger partial charge in [-0.2, -0.15) is 13.2 Å². The van der Waals surface area contributed by atoms with Gasteiger partial charge in [-0.05, 0) is 0 Å². The number of oxazole rings is 1. The number of ether oxygens (including phenoxy) is 1. The first-order valence-corrected chi connectivity index (χ1v) is 5.15. The Labute approximate surface area is 105 Å². The van der Waals surface area contributed by atoms with Crippen molar-refractivity contribution >= 4 is 5.97 Å². The van der Waals surface area contributed by atoms with Crippen LogP contribution in [0, 0.1) is 0 Å². The zero-order valence-corrected chi connectivity index (χ0v) is 9.69. The molecule has 4 nitrogen and oxygen atoms in total. The smallest absolute Gasteiger partial charge is 0.463 e. The van der Waals surface area contributed by atoms with Crippen molar-refractivity contribution in [2.45, 2.75) is 6.18 Å². The van der Waals surface area contributed by atoms with E-state index in [4.69, 9.17) is 0 Å². The van der Waals surface area contributed by atoms with Crippen LogP contribution in [0.2, 0.25) is 0 Å². The number of benzene rings is 1. The van der Waals surface area contributed by atoms with Crippen molar-refractivity contribution in [3.05, 3.63) is 42.0 Å². The maximum atomic E-state index is 12.6. The van der Waals surface area contributed by atoms with E-state index in [0.29, 0.717) is 5.56 Å². The third-order valence-corrected chi connectivity index (χ3v) is 2.29. The van der Waals surface area contributed by atoms with E-state index in [-0.39, 0.29) is 5.69 Å².